The van der Waals surface area contributed by atoms with Crippen LogP contribution in [-0.2, 0) is 16.0 Å². The molecule has 1 unspecified atom stereocenters. The number of phenolic OH excluding ortho intramolecular Hbond substituents is 1. The molecule has 0 fully saturated rings. The molecule has 206 valence electrons. The van der Waals surface area contributed by atoms with E-state index in [4.69, 9.17) is 11.1 Å². The second-order valence-electron chi connectivity index (χ2n) is 8.72. The van der Waals surface area contributed by atoms with Gasteiger partial charge in [0, 0.05) is 41.7 Å². The van der Waals surface area contributed by atoms with Crippen LogP contribution in [-0.4, -0.2) is 47.6 Å². The second-order valence-corrected chi connectivity index (χ2v) is 8.72. The van der Waals surface area contributed by atoms with Crippen LogP contribution >= 0.6 is 0 Å². The molecule has 0 saturated carbocycles. The number of carbonyl (C=O) groups excluding carboxylic acids is 3. The lowest BCUT2D eigenvalue weighted by Crippen LogP contribution is -2.43. The number of primary amides is 1. The number of nitrogens with one attached hydrogen (secondary N) is 4. The molecular weight excluding hydrogens is 508 g/mol. The van der Waals surface area contributed by atoms with Gasteiger partial charge in [-0.05, 0) is 55.3 Å². The van der Waals surface area contributed by atoms with Gasteiger partial charge in [0.15, 0.2) is 0 Å². The van der Waals surface area contributed by atoms with Gasteiger partial charge in [-0.3, -0.25) is 14.4 Å². The summed E-state index contributed by atoms with van der Waals surface area (Å²) in [6, 6.07) is 20.4. The van der Waals surface area contributed by atoms with Gasteiger partial charge < -0.3 is 32.2 Å². The third kappa shape index (κ3) is 10.6. The molecule has 3 amide bonds. The molecule has 3 aromatic carbocycles. The third-order valence-electron chi connectivity index (χ3n) is 5.18. The molecule has 7 N–H and O–H groups in total. The van der Waals surface area contributed by atoms with Crippen molar-refractivity contribution in [2.24, 2.45) is 5.73 Å². The zero-order valence-corrected chi connectivity index (χ0v) is 21.5. The standard InChI is InChI=1S/C16H16N4O3.C12H15F2NO/c17-8-11-7-13(21)4-5-14(11)20-12-3-1-2-10(6-12)16(23)19-9-15(18)22;1-9(15-11(16)12(2,13)14)8-10-6-4-3-5-7-10/h1-8,17,20-21H,9H2,(H2,18,22)(H,19,23);3-7,9H,8H2,1-2H3,(H,15,16). The van der Waals surface area contributed by atoms with Crippen molar-refractivity contribution in [3.8, 4) is 5.75 Å². The van der Waals surface area contributed by atoms with Crippen LogP contribution in [0.2, 0.25) is 0 Å². The maximum atomic E-state index is 12.6. The first-order valence-electron chi connectivity index (χ1n) is 11.9. The number of anilines is 2. The summed E-state index contributed by atoms with van der Waals surface area (Å²) in [6.45, 7) is 2.07. The molecule has 0 bridgehead atoms. The van der Waals surface area contributed by atoms with Gasteiger partial charge in [0.2, 0.25) is 5.91 Å². The highest BCUT2D eigenvalue weighted by molar-refractivity contribution is 5.97. The van der Waals surface area contributed by atoms with Crippen LogP contribution in [0.15, 0.2) is 72.8 Å². The van der Waals surface area contributed by atoms with Gasteiger partial charge in [0.1, 0.15) is 5.75 Å². The Morgan fingerprint density at radius 3 is 2.36 bits per heavy atom. The SMILES string of the molecule is CC(Cc1ccccc1)NC(=O)C(C)(F)F.N=Cc1cc(O)ccc1Nc1cccc(C(=O)NCC(N)=O)c1. The van der Waals surface area contributed by atoms with E-state index in [1.165, 1.54) is 12.1 Å². The molecule has 9 nitrogen and oxygen atoms in total. The van der Waals surface area contributed by atoms with Crippen LogP contribution in [0.3, 0.4) is 0 Å². The zero-order valence-electron chi connectivity index (χ0n) is 21.5. The van der Waals surface area contributed by atoms with E-state index in [-0.39, 0.29) is 18.3 Å². The van der Waals surface area contributed by atoms with Crippen LogP contribution in [0.1, 0.15) is 35.3 Å². The van der Waals surface area contributed by atoms with E-state index in [0.29, 0.717) is 35.8 Å². The summed E-state index contributed by atoms with van der Waals surface area (Å²) < 4.78 is 25.2. The summed E-state index contributed by atoms with van der Waals surface area (Å²) in [4.78, 5) is 33.6. The molecule has 39 heavy (non-hydrogen) atoms. The first kappa shape index (κ1) is 30.4. The Morgan fingerprint density at radius 1 is 1.05 bits per heavy atom. The monoisotopic (exact) mass is 539 g/mol. The highest BCUT2D eigenvalue weighted by Crippen LogP contribution is 2.24. The number of alkyl halides is 2. The van der Waals surface area contributed by atoms with Crippen molar-refractivity contribution in [1.29, 1.82) is 5.41 Å². The van der Waals surface area contributed by atoms with Crippen LogP contribution in [0.4, 0.5) is 20.2 Å². The molecule has 0 heterocycles. The number of rotatable bonds is 10. The number of nitrogens with two attached hydrogens (primary N) is 1. The van der Waals surface area contributed by atoms with Crippen molar-refractivity contribution < 1.29 is 28.3 Å². The number of phenols is 1. The number of amides is 3. The largest absolute Gasteiger partial charge is 0.508 e. The molecule has 0 aliphatic carbocycles. The van der Waals surface area contributed by atoms with Crippen LogP contribution < -0.4 is 21.7 Å². The fourth-order valence-corrected chi connectivity index (χ4v) is 3.32. The Labute approximate surface area is 224 Å². The number of hydrogen-bond acceptors (Lipinski definition) is 6. The number of hydrogen-bond donors (Lipinski definition) is 6. The molecule has 0 radical (unpaired) electrons. The van der Waals surface area contributed by atoms with Crippen molar-refractivity contribution in [3.63, 3.8) is 0 Å². The topological polar surface area (TPSA) is 157 Å². The Balaban J connectivity index is 0.000000293. The van der Waals surface area contributed by atoms with E-state index < -0.39 is 23.6 Å². The lowest BCUT2D eigenvalue weighted by molar-refractivity contribution is -0.143. The summed E-state index contributed by atoms with van der Waals surface area (Å²) in [5.41, 5.74) is 8.12. The summed E-state index contributed by atoms with van der Waals surface area (Å²) in [5.74, 6) is -5.51. The van der Waals surface area contributed by atoms with E-state index in [9.17, 15) is 28.3 Å². The molecule has 0 aliphatic rings. The molecular formula is C28H31F2N5O4. The fourth-order valence-electron chi connectivity index (χ4n) is 3.32. The normalized spacial score (nSPS) is 11.3. The lowest BCUT2D eigenvalue weighted by atomic mass is 10.1. The van der Waals surface area contributed by atoms with Crippen molar-refractivity contribution in [1.82, 2.24) is 10.6 Å². The highest BCUT2D eigenvalue weighted by atomic mass is 19.3. The van der Waals surface area contributed by atoms with Crippen LogP contribution in [0.25, 0.3) is 0 Å². The minimum atomic E-state index is -3.31. The van der Waals surface area contributed by atoms with Gasteiger partial charge in [-0.25, -0.2) is 0 Å². The third-order valence-corrected chi connectivity index (χ3v) is 5.18. The van der Waals surface area contributed by atoms with Crippen molar-refractivity contribution in [2.75, 3.05) is 11.9 Å². The predicted molar refractivity (Wildman–Crippen MR) is 146 cm³/mol. The van der Waals surface area contributed by atoms with Crippen molar-refractivity contribution in [2.45, 2.75) is 32.2 Å². The lowest BCUT2D eigenvalue weighted by Gasteiger charge is -2.17. The van der Waals surface area contributed by atoms with Gasteiger partial charge in [0.25, 0.3) is 11.8 Å². The molecule has 0 saturated heterocycles. The van der Waals surface area contributed by atoms with E-state index in [1.807, 2.05) is 30.3 Å². The molecule has 0 spiro atoms. The average molecular weight is 540 g/mol. The van der Waals surface area contributed by atoms with E-state index in [2.05, 4.69) is 16.0 Å². The fraction of sp³-hybridized carbons (Fsp3) is 0.214. The van der Waals surface area contributed by atoms with Crippen molar-refractivity contribution >= 4 is 35.3 Å². The number of halogens is 2. The Morgan fingerprint density at radius 2 is 1.74 bits per heavy atom. The van der Waals surface area contributed by atoms with Crippen LogP contribution in [0, 0.1) is 5.41 Å². The summed E-state index contributed by atoms with van der Waals surface area (Å²) in [6.07, 6.45) is 1.66. The van der Waals surface area contributed by atoms with E-state index in [0.717, 1.165) is 11.8 Å². The molecule has 3 aromatic rings. The van der Waals surface area contributed by atoms with E-state index in [1.54, 1.807) is 37.3 Å². The first-order valence-corrected chi connectivity index (χ1v) is 11.9. The van der Waals surface area contributed by atoms with Gasteiger partial charge in [-0.15, -0.1) is 0 Å². The number of carbonyl (C=O) groups is 3. The van der Waals surface area contributed by atoms with Gasteiger partial charge in [-0.2, -0.15) is 8.78 Å². The molecule has 3 rings (SSSR count). The average Bonchev–Trinajstić information content (AvgIpc) is 2.88. The molecule has 0 aromatic heterocycles. The highest BCUT2D eigenvalue weighted by Gasteiger charge is 2.32. The summed E-state index contributed by atoms with van der Waals surface area (Å²) in [5, 5.41) is 24.6. The summed E-state index contributed by atoms with van der Waals surface area (Å²) in [7, 11) is 0. The van der Waals surface area contributed by atoms with E-state index >= 15 is 0 Å². The Kier molecular flexibility index (Phi) is 11.1. The number of aromatic hydroxyl groups is 1. The summed E-state index contributed by atoms with van der Waals surface area (Å²) >= 11 is 0. The minimum Gasteiger partial charge on any atom is -0.508 e. The quantitative estimate of drug-likeness (QED) is 0.171. The van der Waals surface area contributed by atoms with Gasteiger partial charge >= 0.3 is 5.92 Å². The van der Waals surface area contributed by atoms with Gasteiger partial charge in [0.05, 0.1) is 6.54 Å². The number of benzene rings is 3. The Bertz CT molecular complexity index is 1300. The van der Waals surface area contributed by atoms with Crippen LogP contribution in [0.5, 0.6) is 5.75 Å². The predicted octanol–water partition coefficient (Wildman–Crippen LogP) is 3.74. The van der Waals surface area contributed by atoms with Crippen molar-refractivity contribution in [3.05, 3.63) is 89.5 Å². The van der Waals surface area contributed by atoms with Gasteiger partial charge in [-0.1, -0.05) is 36.4 Å². The molecule has 0 aliphatic heterocycles. The minimum absolute atomic E-state index is 0.0635. The molecule has 1 atom stereocenters. The molecule has 11 heteroatoms. The smallest absolute Gasteiger partial charge is 0.321 e. The first-order chi connectivity index (χ1) is 18.4. The maximum Gasteiger partial charge on any atom is 0.321 e. The maximum absolute atomic E-state index is 12.6. The second kappa shape index (κ2) is 14.2. The zero-order chi connectivity index (χ0) is 29.0. The Hall–Kier alpha value is -4.80.